The molecule has 184 valence electrons. The lowest BCUT2D eigenvalue weighted by Crippen LogP contribution is -2.60. The second kappa shape index (κ2) is 8.49. The third-order valence-electron chi connectivity index (χ3n) is 7.24. The Morgan fingerprint density at radius 3 is 2.50 bits per heavy atom. The molecule has 1 aromatic carbocycles. The Bertz CT molecular complexity index is 1100. The first-order chi connectivity index (χ1) is 16.1. The average Bonchev–Trinajstić information content (AvgIpc) is 3.55. The molecule has 0 unspecified atom stereocenters. The number of benzene rings is 1. The average molecular weight is 494 g/mol. The van der Waals surface area contributed by atoms with Gasteiger partial charge >= 0.3 is 12.1 Å². The maximum absolute atomic E-state index is 14.6. The molecule has 3 heterocycles. The monoisotopic (exact) mass is 493 g/mol. The van der Waals surface area contributed by atoms with Crippen molar-refractivity contribution in [2.45, 2.75) is 43.1 Å². The molecule has 0 bridgehead atoms. The van der Waals surface area contributed by atoms with Crippen LogP contribution in [0.3, 0.4) is 0 Å². The van der Waals surface area contributed by atoms with Crippen LogP contribution in [0.1, 0.15) is 24.3 Å². The number of fused-ring (bicyclic) bond motifs is 1. The first-order valence-corrected chi connectivity index (χ1v) is 13.3. The first-order valence-electron chi connectivity index (χ1n) is 11.5. The number of hydrogen-bond donors (Lipinski definition) is 1. The van der Waals surface area contributed by atoms with Gasteiger partial charge in [0.05, 0.1) is 18.8 Å². The highest BCUT2D eigenvalue weighted by atomic mass is 32.2. The number of nitrogens with one attached hydrogen (secondary N) is 1. The van der Waals surface area contributed by atoms with E-state index in [2.05, 4.69) is 5.32 Å². The summed E-state index contributed by atoms with van der Waals surface area (Å²) in [6.07, 6.45) is 0.405. The number of piperidine rings is 1. The lowest BCUT2D eigenvalue weighted by molar-refractivity contribution is -0.129. The molecule has 3 aliphatic heterocycles. The summed E-state index contributed by atoms with van der Waals surface area (Å²) in [4.78, 5) is 43.2. The van der Waals surface area contributed by atoms with Gasteiger partial charge in [0.1, 0.15) is 12.2 Å². The zero-order valence-corrected chi connectivity index (χ0v) is 19.7. The van der Waals surface area contributed by atoms with E-state index in [1.54, 1.807) is 0 Å². The molecule has 4 fully saturated rings. The number of alkyl halides is 1. The van der Waals surface area contributed by atoms with Crippen LogP contribution in [0.4, 0.5) is 14.0 Å². The summed E-state index contributed by atoms with van der Waals surface area (Å²) in [5.41, 5.74) is 1.10. The minimum Gasteiger partial charge on any atom is -0.332 e. The molecule has 10 nitrogen and oxygen atoms in total. The fourth-order valence-electron chi connectivity index (χ4n) is 5.22. The molecule has 5 amide bonds. The number of nitrogens with zero attached hydrogens (tertiary/aromatic N) is 4. The molecule has 1 aromatic rings. The second-order valence-electron chi connectivity index (χ2n) is 9.45. The third kappa shape index (κ3) is 4.13. The van der Waals surface area contributed by atoms with E-state index in [0.29, 0.717) is 0 Å². The van der Waals surface area contributed by atoms with Crippen molar-refractivity contribution < 1.29 is 27.2 Å². The zero-order chi connectivity index (χ0) is 24.2. The highest BCUT2D eigenvalue weighted by Gasteiger charge is 2.56. The van der Waals surface area contributed by atoms with Crippen LogP contribution in [0, 0.1) is 0 Å². The largest absolute Gasteiger partial charge is 0.332 e. The molecule has 0 spiro atoms. The smallest absolute Gasteiger partial charge is 0.327 e. The summed E-state index contributed by atoms with van der Waals surface area (Å²) >= 11 is 0. The minimum absolute atomic E-state index is 0.0504. The molecule has 5 rings (SSSR count). The van der Waals surface area contributed by atoms with Crippen molar-refractivity contribution in [2.24, 2.45) is 0 Å². The molecule has 4 aliphatic rings. The maximum atomic E-state index is 14.6. The third-order valence-corrected chi connectivity index (χ3v) is 8.51. The normalized spacial score (nSPS) is 32.1. The standard InChI is InChI=1S/C22H28FN5O5S/c1-34(32,33)26-8-7-17(16(23)12-26)24-21(30)25-9-10-27-19(13-25)20(29)28(22(27)31)18-11-15(18)14-5-3-2-4-6-14/h2-6,15-19H,7-13H2,1H3,(H,24,30)/t15-,16+,17-,18+,19+/m1/s1. The van der Waals surface area contributed by atoms with Gasteiger partial charge in [-0.2, -0.15) is 4.31 Å². The van der Waals surface area contributed by atoms with Gasteiger partial charge in [0.15, 0.2) is 0 Å². The molecule has 0 radical (unpaired) electrons. The lowest BCUT2D eigenvalue weighted by atomic mass is 10.1. The van der Waals surface area contributed by atoms with E-state index in [0.717, 1.165) is 22.5 Å². The number of carbonyl (C=O) groups is 3. The van der Waals surface area contributed by atoms with Gasteiger partial charge in [-0.25, -0.2) is 22.4 Å². The summed E-state index contributed by atoms with van der Waals surface area (Å²) < 4.78 is 38.9. The summed E-state index contributed by atoms with van der Waals surface area (Å²) in [5.74, 6) is -0.162. The molecular weight excluding hydrogens is 465 g/mol. The summed E-state index contributed by atoms with van der Waals surface area (Å²) in [6, 6.07) is 7.26. The van der Waals surface area contributed by atoms with Crippen molar-refractivity contribution in [2.75, 3.05) is 39.0 Å². The Morgan fingerprint density at radius 1 is 1.09 bits per heavy atom. The van der Waals surface area contributed by atoms with Gasteiger partial charge in [0.25, 0.3) is 5.91 Å². The minimum atomic E-state index is -3.49. The predicted octanol–water partition coefficient (Wildman–Crippen LogP) is 0.573. The van der Waals surface area contributed by atoms with Crippen LogP contribution in [-0.2, 0) is 14.8 Å². The van der Waals surface area contributed by atoms with Crippen LogP contribution >= 0.6 is 0 Å². The first kappa shape index (κ1) is 23.0. The fourth-order valence-corrected chi connectivity index (χ4v) is 6.07. The number of rotatable bonds is 4. The summed E-state index contributed by atoms with van der Waals surface area (Å²) in [5, 5.41) is 2.65. The number of imide groups is 1. The summed E-state index contributed by atoms with van der Waals surface area (Å²) in [7, 11) is -3.49. The quantitative estimate of drug-likeness (QED) is 0.617. The van der Waals surface area contributed by atoms with Crippen molar-refractivity contribution in [1.29, 1.82) is 0 Å². The Kier molecular flexibility index (Phi) is 5.75. The van der Waals surface area contributed by atoms with E-state index >= 15 is 0 Å². The Morgan fingerprint density at radius 2 is 1.82 bits per heavy atom. The summed E-state index contributed by atoms with van der Waals surface area (Å²) in [6.45, 7) is 0.349. The Labute approximate surface area is 197 Å². The number of urea groups is 2. The van der Waals surface area contributed by atoms with Gasteiger partial charge in [0, 0.05) is 38.1 Å². The molecule has 5 atom stereocenters. The van der Waals surface area contributed by atoms with E-state index < -0.39 is 34.3 Å². The maximum Gasteiger partial charge on any atom is 0.327 e. The van der Waals surface area contributed by atoms with Crippen molar-refractivity contribution >= 4 is 28.0 Å². The Hall–Kier alpha value is -2.73. The highest BCUT2D eigenvalue weighted by Crippen LogP contribution is 2.46. The number of piperazine rings is 1. The predicted molar refractivity (Wildman–Crippen MR) is 120 cm³/mol. The molecule has 12 heteroatoms. The number of sulfonamides is 1. The fraction of sp³-hybridized carbons (Fsp3) is 0.591. The van der Waals surface area contributed by atoms with E-state index in [1.165, 1.54) is 14.7 Å². The van der Waals surface area contributed by atoms with Gasteiger partial charge in [-0.15, -0.1) is 0 Å². The number of amides is 5. The molecule has 34 heavy (non-hydrogen) atoms. The number of hydrogen-bond acceptors (Lipinski definition) is 5. The van der Waals surface area contributed by atoms with E-state index in [1.807, 2.05) is 30.3 Å². The number of halogens is 1. The van der Waals surface area contributed by atoms with Gasteiger partial charge in [-0.3, -0.25) is 9.69 Å². The van der Waals surface area contributed by atoms with Gasteiger partial charge < -0.3 is 15.1 Å². The Balaban J connectivity index is 1.19. The van der Waals surface area contributed by atoms with Crippen molar-refractivity contribution in [3.05, 3.63) is 35.9 Å². The molecule has 3 saturated heterocycles. The van der Waals surface area contributed by atoms with Gasteiger partial charge in [0.2, 0.25) is 10.0 Å². The zero-order valence-electron chi connectivity index (χ0n) is 18.8. The highest BCUT2D eigenvalue weighted by molar-refractivity contribution is 7.88. The lowest BCUT2D eigenvalue weighted by Gasteiger charge is -2.38. The SMILES string of the molecule is CS(=O)(=O)N1CC[C@@H](NC(=O)N2CCN3C(=O)N([C@H]4C[C@@H]4c4ccccc4)C(=O)[C@@H]3C2)[C@@H](F)C1. The van der Waals surface area contributed by atoms with Crippen LogP contribution in [0.25, 0.3) is 0 Å². The van der Waals surface area contributed by atoms with Crippen molar-refractivity contribution in [1.82, 2.24) is 24.3 Å². The molecule has 1 aliphatic carbocycles. The number of carbonyl (C=O) groups excluding carboxylic acids is 3. The van der Waals surface area contributed by atoms with Crippen molar-refractivity contribution in [3.8, 4) is 0 Å². The van der Waals surface area contributed by atoms with Crippen LogP contribution in [0.2, 0.25) is 0 Å². The molecule has 1 saturated carbocycles. The topological polar surface area (TPSA) is 110 Å². The van der Waals surface area contributed by atoms with E-state index in [4.69, 9.17) is 0 Å². The van der Waals surface area contributed by atoms with Crippen LogP contribution < -0.4 is 5.32 Å². The molecular formula is C22H28FN5O5S. The van der Waals surface area contributed by atoms with Crippen LogP contribution in [0.5, 0.6) is 0 Å². The molecule has 0 aromatic heterocycles. The van der Waals surface area contributed by atoms with Gasteiger partial charge in [-0.1, -0.05) is 30.3 Å². The second-order valence-corrected chi connectivity index (χ2v) is 11.4. The molecule has 1 N–H and O–H groups in total. The van der Waals surface area contributed by atoms with Crippen molar-refractivity contribution in [3.63, 3.8) is 0 Å². The van der Waals surface area contributed by atoms with Crippen LogP contribution in [0.15, 0.2) is 30.3 Å². The van der Waals surface area contributed by atoms with Gasteiger partial charge in [-0.05, 0) is 18.4 Å². The van der Waals surface area contributed by atoms with Crippen LogP contribution in [-0.4, -0.2) is 109 Å². The van der Waals surface area contributed by atoms with E-state index in [-0.39, 0.29) is 63.0 Å². The van der Waals surface area contributed by atoms with E-state index in [9.17, 15) is 27.2 Å².